The molecule has 8 rings (SSSR count). The van der Waals surface area contributed by atoms with Gasteiger partial charge in [0.1, 0.15) is 82.1 Å². The van der Waals surface area contributed by atoms with Crippen molar-refractivity contribution in [2.24, 2.45) is 40.0 Å². The minimum absolute atomic E-state index is 0.0115. The van der Waals surface area contributed by atoms with E-state index in [1.165, 1.54) is 0 Å². The SMILES string of the molecule is CCC(C)COC(=O)OC(C)O/C(=C(/C#N)c1ccc(C(C)(C)C)cc1)c1c(C)c(C)nn1C.CCCC(C)OC(=O)OC(C)O/C(=C(/C#N)c1ccc(C(C)(C)C)cc1)c1c(C)c(C)nn1C.Cc1nn(C)c(/C(OC(C)OC(=O)OCCC(C)C)=C(\C#N)c2ccc(C(C)(C)C)cc2)c1C.Cc1nn(C)c(/C(OC(C)OC(=O)OCCCl)=C(\C#N)c2ccc(C(C)(C)C)cc2)c1C. The highest BCUT2D eigenvalue weighted by molar-refractivity contribution is 6.18. The van der Waals surface area contributed by atoms with Gasteiger partial charge in [-0.3, -0.25) is 18.7 Å². The minimum Gasteiger partial charge on any atom is -0.451 e. The van der Waals surface area contributed by atoms with E-state index in [1.54, 1.807) is 74.6 Å². The third kappa shape index (κ3) is 32.3. The standard InChI is InChI=1S/3C27H37N3O4.C24H30ClN3O4/c1-17(2)14-15-32-26(31)34-20(5)33-25(24-18(3)19(4)29-30(24)9)23(16-28)21-10-12-22(13-11-21)27(6,7)8;1-10-17(2)16-32-26(31)34-20(5)33-25(24-18(3)19(4)29-30(24)9)23(15-28)21-11-13-22(14-12-21)27(6,7)8;1-10-11-17(2)32-26(31)34-20(5)33-25(24-18(3)19(4)29-30(24)9)23(16-28)21-12-14-22(15-13-21)27(6,7)8;1-15-16(2)27-28(7)21(15)22(31-17(3)32-23(29)30-13-12-25)20(14-26)18-8-10-19(11-9-18)24(4,5)6/h10-13,17,20H,14-15H2,1-9H3;11-14,17,20H,10,16H2,1-9H3;12-15,17,20H,10-11H2,1-9H3;8-11,17H,12-13H2,1-7H3/b3*25-23-;22-20-. The lowest BCUT2D eigenvalue weighted by Crippen LogP contribution is -2.23. The fourth-order valence-corrected chi connectivity index (χ4v) is 13.8. The van der Waals surface area contributed by atoms with E-state index in [4.69, 9.17) is 68.4 Å². The van der Waals surface area contributed by atoms with Gasteiger partial charge in [-0.2, -0.15) is 41.4 Å². The van der Waals surface area contributed by atoms with Crippen molar-refractivity contribution < 1.29 is 76.0 Å². The van der Waals surface area contributed by atoms with Crippen molar-refractivity contribution in [2.45, 2.75) is 286 Å². The first-order valence-electron chi connectivity index (χ1n) is 45.2. The van der Waals surface area contributed by atoms with Crippen molar-refractivity contribution >= 4 is 81.6 Å². The number of carbonyl (C=O) groups excluding carboxylic acids is 4. The molecule has 0 aliphatic heterocycles. The number of nitrogens with zero attached hydrogens (tertiary/aromatic N) is 12. The Morgan fingerprint density at radius 2 is 0.590 bits per heavy atom. The van der Waals surface area contributed by atoms with Crippen molar-refractivity contribution in [3.63, 3.8) is 0 Å². The summed E-state index contributed by atoms with van der Waals surface area (Å²) in [6.07, 6.45) is -4.26. The van der Waals surface area contributed by atoms with Gasteiger partial charge in [-0.15, -0.1) is 11.6 Å². The first-order valence-corrected chi connectivity index (χ1v) is 45.8. The maximum absolute atomic E-state index is 12.2. The number of aryl methyl sites for hydroxylation is 8. The zero-order valence-electron chi connectivity index (χ0n) is 85.2. The summed E-state index contributed by atoms with van der Waals surface area (Å²) >= 11 is 5.53. The van der Waals surface area contributed by atoms with Crippen LogP contribution in [0, 0.1) is 113 Å². The number of halogens is 1. The van der Waals surface area contributed by atoms with Gasteiger partial charge in [0, 0.05) is 78.1 Å². The molecule has 0 bridgehead atoms. The van der Waals surface area contributed by atoms with Crippen LogP contribution >= 0.6 is 11.6 Å². The average Bonchev–Trinajstić information content (AvgIpc) is 1.62. The Hall–Kier alpha value is -12.8. The van der Waals surface area contributed by atoms with Crippen LogP contribution in [0.5, 0.6) is 0 Å². The van der Waals surface area contributed by atoms with E-state index in [0.29, 0.717) is 90.5 Å². The first kappa shape index (κ1) is 112. The molecule has 8 aromatic rings. The van der Waals surface area contributed by atoms with Crippen molar-refractivity contribution in [3.8, 4) is 24.3 Å². The summed E-state index contributed by atoms with van der Waals surface area (Å²) in [7, 11) is 7.16. The molecule has 0 amide bonds. The highest BCUT2D eigenvalue weighted by atomic mass is 35.5. The topological polar surface area (TPSA) is 345 Å². The van der Waals surface area contributed by atoms with E-state index in [1.807, 2.05) is 194 Å². The van der Waals surface area contributed by atoms with E-state index >= 15 is 0 Å². The van der Waals surface area contributed by atoms with Crippen LogP contribution in [-0.4, -0.2) is 121 Å². The van der Waals surface area contributed by atoms with Crippen LogP contribution in [0.2, 0.25) is 0 Å². The molecule has 4 aromatic heterocycles. The number of rotatable bonds is 31. The normalized spacial score (nSPS) is 13.6. The molecule has 28 nitrogen and oxygen atoms in total. The lowest BCUT2D eigenvalue weighted by molar-refractivity contribution is -0.0761. The second kappa shape index (κ2) is 50.3. The summed E-state index contributed by atoms with van der Waals surface area (Å²) in [5.41, 5.74) is 18.0. The Labute approximate surface area is 799 Å². The number of carbonyl (C=O) groups is 4. The van der Waals surface area contributed by atoms with Gasteiger partial charge >= 0.3 is 24.6 Å². The Kier molecular flexibility index (Phi) is 42.0. The van der Waals surface area contributed by atoms with Gasteiger partial charge < -0.3 is 56.8 Å². The molecular weight excluding hydrogens is 1720 g/mol. The van der Waals surface area contributed by atoms with Crippen LogP contribution in [0.25, 0.3) is 45.3 Å². The zero-order valence-corrected chi connectivity index (χ0v) is 86.0. The molecule has 4 aromatic carbocycles. The molecule has 0 spiro atoms. The van der Waals surface area contributed by atoms with Gasteiger partial charge in [-0.05, 0) is 153 Å². The van der Waals surface area contributed by atoms with Crippen molar-refractivity contribution in [1.29, 1.82) is 21.0 Å². The number of hydrogen-bond donors (Lipinski definition) is 0. The highest BCUT2D eigenvalue weighted by Crippen LogP contribution is 2.39. The van der Waals surface area contributed by atoms with Crippen LogP contribution in [0.4, 0.5) is 19.2 Å². The number of hydrogen-bond acceptors (Lipinski definition) is 24. The first-order chi connectivity index (χ1) is 62.6. The highest BCUT2D eigenvalue weighted by Gasteiger charge is 2.32. The molecule has 0 radical (unpaired) electrons. The van der Waals surface area contributed by atoms with E-state index in [-0.39, 0.29) is 65.1 Å². The van der Waals surface area contributed by atoms with Crippen LogP contribution in [-0.2, 0) is 107 Å². The summed E-state index contributed by atoms with van der Waals surface area (Å²) < 4.78 is 72.6. The maximum Gasteiger partial charge on any atom is 0.511 e. The smallest absolute Gasteiger partial charge is 0.451 e. The van der Waals surface area contributed by atoms with Crippen LogP contribution in [0.3, 0.4) is 0 Å². The maximum atomic E-state index is 12.2. The zero-order chi connectivity index (χ0) is 101. The molecule has 0 N–H and O–H groups in total. The predicted octanol–water partition coefficient (Wildman–Crippen LogP) is 24.5. The Bertz CT molecular complexity index is 5610. The third-order valence-electron chi connectivity index (χ3n) is 22.0. The number of benzene rings is 4. The molecule has 0 saturated heterocycles. The summed E-state index contributed by atoms with van der Waals surface area (Å²) in [5.74, 6) is 1.98. The van der Waals surface area contributed by atoms with Gasteiger partial charge in [-0.1, -0.05) is 228 Å². The minimum atomic E-state index is -1.01. The average molecular weight is 1860 g/mol. The monoisotopic (exact) mass is 1860 g/mol. The second-order valence-corrected chi connectivity index (χ2v) is 38.0. The van der Waals surface area contributed by atoms with Gasteiger partial charge in [-0.25, -0.2) is 19.2 Å². The molecule has 0 saturated carbocycles. The lowest BCUT2D eigenvalue weighted by Gasteiger charge is -2.21. The molecule has 724 valence electrons. The molecular formula is C105H141ClN12O16. The van der Waals surface area contributed by atoms with Gasteiger partial charge in [0.25, 0.3) is 0 Å². The fraction of sp³-hybridized carbons (Fsp3) is 0.505. The van der Waals surface area contributed by atoms with E-state index in [2.05, 4.69) is 128 Å². The fourth-order valence-electron chi connectivity index (χ4n) is 13.7. The largest absolute Gasteiger partial charge is 0.511 e. The summed E-state index contributed by atoms with van der Waals surface area (Å²) in [6, 6.07) is 40.4. The molecule has 134 heavy (non-hydrogen) atoms. The summed E-state index contributed by atoms with van der Waals surface area (Å²) in [5, 5.41) is 58.4. The van der Waals surface area contributed by atoms with Gasteiger partial charge in [0.15, 0.2) is 23.0 Å². The second-order valence-electron chi connectivity index (χ2n) is 37.6. The van der Waals surface area contributed by atoms with E-state index in [9.17, 15) is 40.2 Å². The number of nitriles is 4. The van der Waals surface area contributed by atoms with Crippen LogP contribution < -0.4 is 0 Å². The van der Waals surface area contributed by atoms with E-state index in [0.717, 1.165) is 93.0 Å². The number of aromatic nitrogens is 8. The summed E-state index contributed by atoms with van der Waals surface area (Å²) in [4.78, 5) is 48.3. The van der Waals surface area contributed by atoms with Crippen LogP contribution in [0.15, 0.2) is 97.1 Å². The summed E-state index contributed by atoms with van der Waals surface area (Å²) in [6.45, 7) is 59.7. The third-order valence-corrected chi connectivity index (χ3v) is 22.2. The number of ether oxygens (including phenoxy) is 12. The molecule has 29 heteroatoms. The molecule has 6 unspecified atom stereocenters. The molecule has 0 aliphatic carbocycles. The van der Waals surface area contributed by atoms with Crippen LogP contribution in [0.1, 0.15) is 290 Å². The van der Waals surface area contributed by atoms with Gasteiger partial charge in [0.2, 0.25) is 25.2 Å². The quantitative estimate of drug-likeness (QED) is 0.00972. The lowest BCUT2D eigenvalue weighted by atomic mass is 9.86. The van der Waals surface area contributed by atoms with Crippen molar-refractivity contribution in [2.75, 3.05) is 25.7 Å². The molecule has 4 heterocycles. The van der Waals surface area contributed by atoms with Crippen molar-refractivity contribution in [1.82, 2.24) is 39.1 Å². The Morgan fingerprint density at radius 1 is 0.351 bits per heavy atom. The van der Waals surface area contributed by atoms with Crippen molar-refractivity contribution in [3.05, 3.63) is 209 Å². The number of alkyl halides is 1. The molecule has 0 fully saturated rings. The molecule has 0 aliphatic rings. The Morgan fingerprint density at radius 3 is 0.791 bits per heavy atom. The van der Waals surface area contributed by atoms with E-state index < -0.39 is 49.8 Å². The van der Waals surface area contributed by atoms with Gasteiger partial charge in [0.05, 0.1) is 41.9 Å². The predicted molar refractivity (Wildman–Crippen MR) is 522 cm³/mol. The Balaban J connectivity index is 0.000000316. The number of allylic oxidation sites excluding steroid dienone is 4. The molecule has 6 atom stereocenters.